The number of benzene rings is 1. The third-order valence-electron chi connectivity index (χ3n) is 2.62. The van der Waals surface area contributed by atoms with E-state index in [-0.39, 0.29) is 10.9 Å². The van der Waals surface area contributed by atoms with Crippen LogP contribution in [0.25, 0.3) is 0 Å². The predicted molar refractivity (Wildman–Crippen MR) is 63.2 cm³/mol. The summed E-state index contributed by atoms with van der Waals surface area (Å²) in [6.07, 6.45) is 1.19. The first kappa shape index (κ1) is 11.8. The van der Waals surface area contributed by atoms with Gasteiger partial charge in [0, 0.05) is 0 Å². The third-order valence-corrected chi connectivity index (χ3v) is 4.11. The molecule has 1 aromatic carbocycles. The van der Waals surface area contributed by atoms with Crippen molar-refractivity contribution in [1.82, 2.24) is 15.2 Å². The Morgan fingerprint density at radius 1 is 1.24 bits per heavy atom. The van der Waals surface area contributed by atoms with Crippen LogP contribution in [0.2, 0.25) is 0 Å². The minimum atomic E-state index is -3.43. The maximum absolute atomic E-state index is 11.9. The van der Waals surface area contributed by atoms with Crippen molar-refractivity contribution in [2.75, 3.05) is 0 Å². The lowest BCUT2D eigenvalue weighted by atomic mass is 10.1. The van der Waals surface area contributed by atoms with E-state index < -0.39 is 9.84 Å². The molecule has 0 unspecified atom stereocenters. The molecule has 1 aromatic heterocycles. The van der Waals surface area contributed by atoms with E-state index in [0.717, 1.165) is 16.7 Å². The molecule has 0 aliphatic rings. The fourth-order valence-corrected chi connectivity index (χ4v) is 2.68. The van der Waals surface area contributed by atoms with Gasteiger partial charge in [0.2, 0.25) is 15.0 Å². The van der Waals surface area contributed by atoms with Crippen LogP contribution in [0, 0.1) is 13.8 Å². The van der Waals surface area contributed by atoms with E-state index in [1.165, 1.54) is 6.33 Å². The number of hydrogen-bond acceptors (Lipinski definition) is 4. The average molecular weight is 251 g/mol. The molecule has 0 atom stereocenters. The second-order valence-corrected chi connectivity index (χ2v) is 5.87. The van der Waals surface area contributed by atoms with Gasteiger partial charge in [-0.1, -0.05) is 18.2 Å². The van der Waals surface area contributed by atoms with E-state index in [9.17, 15) is 8.42 Å². The second-order valence-electron chi connectivity index (χ2n) is 3.97. The molecule has 0 bridgehead atoms. The number of rotatable bonds is 3. The van der Waals surface area contributed by atoms with Gasteiger partial charge < -0.3 is 0 Å². The molecule has 0 saturated carbocycles. The Hall–Kier alpha value is -1.69. The van der Waals surface area contributed by atoms with Crippen molar-refractivity contribution in [2.45, 2.75) is 24.8 Å². The highest BCUT2D eigenvalue weighted by molar-refractivity contribution is 7.90. The summed E-state index contributed by atoms with van der Waals surface area (Å²) < 4.78 is 23.9. The molecule has 90 valence electrons. The molecule has 0 aliphatic carbocycles. The molecule has 1 heterocycles. The van der Waals surface area contributed by atoms with Gasteiger partial charge in [0.1, 0.15) is 6.33 Å². The maximum Gasteiger partial charge on any atom is 0.243 e. The van der Waals surface area contributed by atoms with Gasteiger partial charge in [-0.2, -0.15) is 5.10 Å². The Morgan fingerprint density at radius 3 is 2.59 bits per heavy atom. The first-order valence-corrected chi connectivity index (χ1v) is 6.78. The summed E-state index contributed by atoms with van der Waals surface area (Å²) in [5.74, 6) is -0.0662. The Labute approximate surface area is 99.8 Å². The zero-order chi connectivity index (χ0) is 12.5. The summed E-state index contributed by atoms with van der Waals surface area (Å²) in [5.41, 5.74) is 2.98. The van der Waals surface area contributed by atoms with Gasteiger partial charge in [-0.3, -0.25) is 5.10 Å². The largest absolute Gasteiger partial charge is 0.250 e. The van der Waals surface area contributed by atoms with Crippen molar-refractivity contribution in [1.29, 1.82) is 0 Å². The molecule has 0 spiro atoms. The average Bonchev–Trinajstić information content (AvgIpc) is 2.77. The van der Waals surface area contributed by atoms with Crippen LogP contribution in [0.4, 0.5) is 0 Å². The highest BCUT2D eigenvalue weighted by Crippen LogP contribution is 2.15. The van der Waals surface area contributed by atoms with Crippen LogP contribution in [0.1, 0.15) is 16.7 Å². The van der Waals surface area contributed by atoms with E-state index in [1.807, 2.05) is 32.0 Å². The monoisotopic (exact) mass is 251 g/mol. The molecule has 5 nitrogen and oxygen atoms in total. The minimum Gasteiger partial charge on any atom is -0.250 e. The van der Waals surface area contributed by atoms with Gasteiger partial charge in [-0.25, -0.2) is 13.4 Å². The van der Waals surface area contributed by atoms with Gasteiger partial charge in [0.25, 0.3) is 0 Å². The highest BCUT2D eigenvalue weighted by Gasteiger charge is 2.18. The number of sulfone groups is 1. The zero-order valence-corrected chi connectivity index (χ0v) is 10.5. The molecule has 1 N–H and O–H groups in total. The quantitative estimate of drug-likeness (QED) is 0.894. The van der Waals surface area contributed by atoms with Crippen LogP contribution in [0.3, 0.4) is 0 Å². The Kier molecular flexibility index (Phi) is 2.97. The fourth-order valence-electron chi connectivity index (χ4n) is 1.53. The lowest BCUT2D eigenvalue weighted by Crippen LogP contribution is -2.07. The minimum absolute atomic E-state index is 0.0662. The number of nitrogens with one attached hydrogen (secondary N) is 1. The summed E-state index contributed by atoms with van der Waals surface area (Å²) in [6.45, 7) is 3.95. The number of hydrogen-bond donors (Lipinski definition) is 1. The first-order valence-electron chi connectivity index (χ1n) is 5.13. The second kappa shape index (κ2) is 4.29. The summed E-state index contributed by atoms with van der Waals surface area (Å²) in [4.78, 5) is 3.67. The molecule has 2 rings (SSSR count). The van der Waals surface area contributed by atoms with Gasteiger partial charge >= 0.3 is 0 Å². The molecule has 6 heteroatoms. The van der Waals surface area contributed by atoms with Crippen molar-refractivity contribution < 1.29 is 8.42 Å². The van der Waals surface area contributed by atoms with Crippen LogP contribution in [-0.4, -0.2) is 23.6 Å². The highest BCUT2D eigenvalue weighted by atomic mass is 32.2. The van der Waals surface area contributed by atoms with E-state index in [1.54, 1.807) is 0 Å². The lowest BCUT2D eigenvalue weighted by molar-refractivity contribution is 0.587. The predicted octanol–water partition coefficient (Wildman–Crippen LogP) is 1.40. The number of nitrogens with zero attached hydrogens (tertiary/aromatic N) is 2. The molecule has 0 fully saturated rings. The van der Waals surface area contributed by atoms with E-state index in [2.05, 4.69) is 15.2 Å². The summed E-state index contributed by atoms with van der Waals surface area (Å²) in [7, 11) is -3.43. The van der Waals surface area contributed by atoms with Crippen LogP contribution in [0.5, 0.6) is 0 Å². The normalized spacial score (nSPS) is 11.6. The fraction of sp³-hybridized carbons (Fsp3) is 0.273. The smallest absolute Gasteiger partial charge is 0.243 e. The summed E-state index contributed by atoms with van der Waals surface area (Å²) in [5, 5.41) is 5.83. The molecular weight excluding hydrogens is 238 g/mol. The van der Waals surface area contributed by atoms with Crippen LogP contribution < -0.4 is 0 Å². The number of aromatic amines is 1. The van der Waals surface area contributed by atoms with Gasteiger partial charge in [-0.05, 0) is 30.5 Å². The number of aromatic nitrogens is 3. The SMILES string of the molecule is Cc1ccc(CS(=O)(=O)c2ncn[nH]2)cc1C. The molecule has 17 heavy (non-hydrogen) atoms. The Balaban J connectivity index is 2.30. The van der Waals surface area contributed by atoms with Crippen molar-refractivity contribution in [2.24, 2.45) is 0 Å². The Morgan fingerprint density at radius 2 is 2.00 bits per heavy atom. The van der Waals surface area contributed by atoms with Crippen LogP contribution in [0.15, 0.2) is 29.7 Å². The molecular formula is C11H13N3O2S. The standard InChI is InChI=1S/C11H13N3O2S/c1-8-3-4-10(5-9(8)2)6-17(15,16)11-12-7-13-14-11/h3-5,7H,6H2,1-2H3,(H,12,13,14). The maximum atomic E-state index is 11.9. The lowest BCUT2D eigenvalue weighted by Gasteiger charge is -2.04. The Bertz CT molecular complexity index is 618. The van der Waals surface area contributed by atoms with Crippen LogP contribution >= 0.6 is 0 Å². The van der Waals surface area contributed by atoms with Gasteiger partial charge in [0.05, 0.1) is 5.75 Å². The third kappa shape index (κ3) is 2.52. The van der Waals surface area contributed by atoms with Crippen molar-refractivity contribution in [3.63, 3.8) is 0 Å². The topological polar surface area (TPSA) is 75.7 Å². The van der Waals surface area contributed by atoms with Gasteiger partial charge in [0.15, 0.2) is 0 Å². The summed E-state index contributed by atoms with van der Waals surface area (Å²) in [6, 6.07) is 5.61. The van der Waals surface area contributed by atoms with Crippen LogP contribution in [-0.2, 0) is 15.6 Å². The van der Waals surface area contributed by atoms with E-state index >= 15 is 0 Å². The zero-order valence-electron chi connectivity index (χ0n) is 9.64. The molecule has 0 aliphatic heterocycles. The van der Waals surface area contributed by atoms with Crippen molar-refractivity contribution >= 4 is 9.84 Å². The molecule has 0 radical (unpaired) electrons. The van der Waals surface area contributed by atoms with E-state index in [0.29, 0.717) is 0 Å². The van der Waals surface area contributed by atoms with E-state index in [4.69, 9.17) is 0 Å². The first-order chi connectivity index (χ1) is 7.99. The van der Waals surface area contributed by atoms with Gasteiger partial charge in [-0.15, -0.1) is 0 Å². The molecule has 0 amide bonds. The van der Waals surface area contributed by atoms with Crippen molar-refractivity contribution in [3.05, 3.63) is 41.2 Å². The number of aryl methyl sites for hydroxylation is 2. The molecule has 0 saturated heterocycles. The summed E-state index contributed by atoms with van der Waals surface area (Å²) >= 11 is 0. The molecule has 2 aromatic rings. The number of H-pyrrole nitrogens is 1. The van der Waals surface area contributed by atoms with Crippen molar-refractivity contribution in [3.8, 4) is 0 Å².